The fourth-order valence-corrected chi connectivity index (χ4v) is 2.93. The van der Waals surface area contributed by atoms with E-state index in [1.807, 2.05) is 0 Å². The fraction of sp³-hybridized carbons (Fsp3) is 0.737. The third kappa shape index (κ3) is 8.47. The van der Waals surface area contributed by atoms with E-state index in [4.69, 9.17) is 17.0 Å². The Morgan fingerprint density at radius 1 is 1.20 bits per heavy atom. The third-order valence-corrected chi connectivity index (χ3v) is 4.51. The summed E-state index contributed by atoms with van der Waals surface area (Å²) < 4.78 is 7.55. The number of carbonyl (C=O) groups is 1. The first-order valence-corrected chi connectivity index (χ1v) is 9.68. The fourth-order valence-electron chi connectivity index (χ4n) is 2.79. The van der Waals surface area contributed by atoms with Crippen molar-refractivity contribution in [1.29, 1.82) is 0 Å². The molecule has 1 unspecified atom stereocenters. The second-order valence-corrected chi connectivity index (χ2v) is 7.81. The topological polar surface area (TPSA) is 64.1 Å². The van der Waals surface area contributed by atoms with Crippen molar-refractivity contribution in [2.45, 2.75) is 66.3 Å². The van der Waals surface area contributed by atoms with Crippen molar-refractivity contribution in [3.05, 3.63) is 27.4 Å². The zero-order valence-corrected chi connectivity index (χ0v) is 16.7. The van der Waals surface area contributed by atoms with Crippen LogP contribution in [0.2, 0.25) is 0 Å². The molecule has 0 fully saturated rings. The van der Waals surface area contributed by atoms with E-state index in [2.05, 4.69) is 32.7 Å². The number of hydrogen-bond donors (Lipinski definition) is 1. The van der Waals surface area contributed by atoms with E-state index in [1.165, 1.54) is 0 Å². The summed E-state index contributed by atoms with van der Waals surface area (Å²) in [5.41, 5.74) is -0.161. The van der Waals surface area contributed by atoms with Crippen LogP contribution < -0.4 is 5.69 Å². The Kier molecular flexibility index (Phi) is 9.71. The number of nitrogens with zero attached hydrogens (tertiary/aromatic N) is 1. The molecule has 0 radical (unpaired) electrons. The van der Waals surface area contributed by atoms with Crippen molar-refractivity contribution in [2.24, 2.45) is 17.8 Å². The van der Waals surface area contributed by atoms with Gasteiger partial charge in [0.25, 0.3) is 0 Å². The van der Waals surface area contributed by atoms with Crippen LogP contribution in [-0.4, -0.2) is 22.1 Å². The summed E-state index contributed by atoms with van der Waals surface area (Å²) in [6, 6.07) is 1.72. The quantitative estimate of drug-likeness (QED) is 0.359. The van der Waals surface area contributed by atoms with Crippen molar-refractivity contribution < 1.29 is 9.53 Å². The first kappa shape index (κ1) is 21.6. The van der Waals surface area contributed by atoms with Crippen molar-refractivity contribution in [3.8, 4) is 0 Å². The van der Waals surface area contributed by atoms with Crippen LogP contribution in [0.5, 0.6) is 0 Å². The van der Waals surface area contributed by atoms with E-state index in [0.717, 1.165) is 32.1 Å². The second kappa shape index (κ2) is 11.2. The molecule has 0 aliphatic heterocycles. The summed E-state index contributed by atoms with van der Waals surface area (Å²) >= 11 is 4.91. The lowest BCUT2D eigenvalue weighted by atomic mass is 9.88. The van der Waals surface area contributed by atoms with Crippen LogP contribution in [0.4, 0.5) is 0 Å². The van der Waals surface area contributed by atoms with Crippen molar-refractivity contribution >= 4 is 18.2 Å². The van der Waals surface area contributed by atoms with Gasteiger partial charge in [0.15, 0.2) is 0 Å². The van der Waals surface area contributed by atoms with Gasteiger partial charge in [-0.2, -0.15) is 0 Å². The van der Waals surface area contributed by atoms with Gasteiger partial charge in [0, 0.05) is 12.7 Å². The molecule has 142 valence electrons. The molecule has 1 aromatic heterocycles. The predicted molar refractivity (Wildman–Crippen MR) is 103 cm³/mol. The zero-order valence-electron chi connectivity index (χ0n) is 15.9. The highest BCUT2D eigenvalue weighted by molar-refractivity contribution is 7.71. The number of aryl methyl sites for hydroxylation is 1. The highest BCUT2D eigenvalue weighted by atomic mass is 32.1. The Balaban J connectivity index is 2.20. The van der Waals surface area contributed by atoms with Crippen molar-refractivity contribution in [3.63, 3.8) is 0 Å². The molecule has 1 atom stereocenters. The van der Waals surface area contributed by atoms with Gasteiger partial charge in [-0.05, 0) is 43.6 Å². The monoisotopic (exact) mass is 368 g/mol. The number of aromatic amines is 1. The molecular weight excluding hydrogens is 336 g/mol. The Labute approximate surface area is 155 Å². The van der Waals surface area contributed by atoms with Gasteiger partial charge in [0.1, 0.15) is 4.64 Å². The average Bonchev–Trinajstić information content (AvgIpc) is 2.52. The van der Waals surface area contributed by atoms with Crippen molar-refractivity contribution in [2.75, 3.05) is 6.61 Å². The molecule has 1 N–H and O–H groups in total. The van der Waals surface area contributed by atoms with Gasteiger partial charge in [-0.1, -0.05) is 46.3 Å². The normalized spacial score (nSPS) is 12.6. The number of nitrogens with one attached hydrogen (secondary N) is 1. The van der Waals surface area contributed by atoms with Crippen LogP contribution in [0.3, 0.4) is 0 Å². The van der Waals surface area contributed by atoms with Gasteiger partial charge in [0.05, 0.1) is 12.5 Å². The van der Waals surface area contributed by atoms with Crippen molar-refractivity contribution in [1.82, 2.24) is 9.55 Å². The molecule has 0 spiro atoms. The molecule has 5 nitrogen and oxygen atoms in total. The standard InChI is InChI=1S/C19H32N2O3S/c1-14(2)13-16(15(3)4)18(22)24-12-8-6-5-7-10-21-11-9-17(25)20-19(21)23/h9,11,14-16H,5-8,10,12-13H2,1-4H3,(H,20,23,25). The van der Waals surface area contributed by atoms with E-state index in [-0.39, 0.29) is 17.6 Å². The summed E-state index contributed by atoms with van der Waals surface area (Å²) in [5, 5.41) is 0. The van der Waals surface area contributed by atoms with Gasteiger partial charge in [0.2, 0.25) is 0 Å². The molecule has 1 rings (SSSR count). The number of hydrogen-bond acceptors (Lipinski definition) is 4. The number of ether oxygens (including phenoxy) is 1. The lowest BCUT2D eigenvalue weighted by Gasteiger charge is -2.21. The number of carbonyl (C=O) groups excluding carboxylic acids is 1. The minimum absolute atomic E-state index is 0.00419. The summed E-state index contributed by atoms with van der Waals surface area (Å²) in [4.78, 5) is 26.5. The molecule has 1 aromatic rings. The number of unbranched alkanes of at least 4 members (excludes halogenated alkanes) is 3. The second-order valence-electron chi connectivity index (χ2n) is 7.37. The van der Waals surface area contributed by atoms with Gasteiger partial charge in [-0.25, -0.2) is 4.79 Å². The summed E-state index contributed by atoms with van der Waals surface area (Å²) in [6.07, 6.45) is 6.38. The van der Waals surface area contributed by atoms with Gasteiger partial charge in [-0.15, -0.1) is 0 Å². The molecule has 0 amide bonds. The number of esters is 1. The van der Waals surface area contributed by atoms with Crippen LogP contribution >= 0.6 is 12.2 Å². The molecule has 0 bridgehead atoms. The van der Waals surface area contributed by atoms with E-state index < -0.39 is 0 Å². The largest absolute Gasteiger partial charge is 0.465 e. The maximum Gasteiger partial charge on any atom is 0.326 e. The maximum absolute atomic E-state index is 12.2. The number of aromatic nitrogens is 2. The molecule has 1 heterocycles. The van der Waals surface area contributed by atoms with Gasteiger partial charge >= 0.3 is 11.7 Å². The Morgan fingerprint density at radius 3 is 2.48 bits per heavy atom. The summed E-state index contributed by atoms with van der Waals surface area (Å²) in [6.45, 7) is 9.58. The molecular formula is C19H32N2O3S. The molecule has 0 aliphatic rings. The maximum atomic E-state index is 12.2. The van der Waals surface area contributed by atoms with Crippen LogP contribution in [-0.2, 0) is 16.1 Å². The smallest absolute Gasteiger partial charge is 0.326 e. The molecule has 25 heavy (non-hydrogen) atoms. The lowest BCUT2D eigenvalue weighted by Crippen LogP contribution is -2.24. The summed E-state index contributed by atoms with van der Waals surface area (Å²) in [7, 11) is 0. The minimum atomic E-state index is -0.161. The highest BCUT2D eigenvalue weighted by Crippen LogP contribution is 2.21. The molecule has 0 saturated heterocycles. The van der Waals surface area contributed by atoms with E-state index in [0.29, 0.717) is 29.6 Å². The number of H-pyrrole nitrogens is 1. The molecule has 0 aromatic carbocycles. The van der Waals surface area contributed by atoms with E-state index in [1.54, 1.807) is 16.8 Å². The third-order valence-electron chi connectivity index (χ3n) is 4.27. The number of rotatable bonds is 11. The molecule has 0 saturated carbocycles. The highest BCUT2D eigenvalue weighted by Gasteiger charge is 2.24. The zero-order chi connectivity index (χ0) is 18.8. The van der Waals surface area contributed by atoms with Crippen LogP contribution in [0, 0.1) is 22.4 Å². The SMILES string of the molecule is CC(C)CC(C(=O)OCCCCCCn1ccc(=S)[nH]c1=O)C(C)C. The molecule has 6 heteroatoms. The first-order chi connectivity index (χ1) is 11.8. The summed E-state index contributed by atoms with van der Waals surface area (Å²) in [5.74, 6) is 0.743. The predicted octanol–water partition coefficient (Wildman–Crippen LogP) is 4.33. The average molecular weight is 369 g/mol. The lowest BCUT2D eigenvalue weighted by molar-refractivity contribution is -0.151. The minimum Gasteiger partial charge on any atom is -0.465 e. The van der Waals surface area contributed by atoms with Crippen LogP contribution in [0.1, 0.15) is 59.8 Å². The van der Waals surface area contributed by atoms with E-state index >= 15 is 0 Å². The van der Waals surface area contributed by atoms with Gasteiger partial charge in [-0.3, -0.25) is 9.78 Å². The Hall–Kier alpha value is -1.43. The molecule has 0 aliphatic carbocycles. The van der Waals surface area contributed by atoms with E-state index in [9.17, 15) is 9.59 Å². The first-order valence-electron chi connectivity index (χ1n) is 9.27. The van der Waals surface area contributed by atoms with Crippen LogP contribution in [0.15, 0.2) is 17.1 Å². The Bertz CT molecular complexity index is 634. The Morgan fingerprint density at radius 2 is 1.88 bits per heavy atom. The van der Waals surface area contributed by atoms with Crippen LogP contribution in [0.25, 0.3) is 0 Å². The van der Waals surface area contributed by atoms with Gasteiger partial charge < -0.3 is 9.30 Å².